The second kappa shape index (κ2) is 8.37. The van der Waals surface area contributed by atoms with Crippen molar-refractivity contribution in [3.05, 3.63) is 54.1 Å². The molecule has 3 rings (SSSR count). The number of nitrogens with zero attached hydrogens (tertiary/aromatic N) is 2. The standard InChI is InChI=1S/C20H22N4O2/c1-26-19-7-5-18(6-8-19)24-11-9-23(10-12-24)15-20(25)22-17-4-2-3-16(13-17)14-21/h2-8,13H,9-12,15H2,1H3,(H,22,25)/p+1. The summed E-state index contributed by atoms with van der Waals surface area (Å²) in [7, 11) is 1.67. The first-order valence-corrected chi connectivity index (χ1v) is 8.70. The first-order valence-electron chi connectivity index (χ1n) is 8.70. The topological polar surface area (TPSA) is 69.8 Å². The molecule has 0 aliphatic carbocycles. The number of hydrogen-bond donors (Lipinski definition) is 2. The van der Waals surface area contributed by atoms with E-state index in [0.29, 0.717) is 17.8 Å². The quantitative estimate of drug-likeness (QED) is 0.840. The number of nitrogens with one attached hydrogen (secondary N) is 2. The van der Waals surface area contributed by atoms with E-state index in [-0.39, 0.29) is 5.91 Å². The second-order valence-electron chi connectivity index (χ2n) is 6.35. The van der Waals surface area contributed by atoms with Crippen LogP contribution in [0, 0.1) is 11.3 Å². The Morgan fingerprint density at radius 1 is 1.23 bits per heavy atom. The van der Waals surface area contributed by atoms with Gasteiger partial charge in [-0.1, -0.05) is 6.07 Å². The molecule has 0 bridgehead atoms. The summed E-state index contributed by atoms with van der Waals surface area (Å²) in [6.45, 7) is 4.10. The van der Waals surface area contributed by atoms with Gasteiger partial charge >= 0.3 is 0 Å². The molecule has 0 atom stereocenters. The van der Waals surface area contributed by atoms with Crippen LogP contribution in [0.15, 0.2) is 48.5 Å². The number of carbonyl (C=O) groups excluding carboxylic acids is 1. The summed E-state index contributed by atoms with van der Waals surface area (Å²) in [5, 5.41) is 11.8. The highest BCUT2D eigenvalue weighted by Crippen LogP contribution is 2.19. The summed E-state index contributed by atoms with van der Waals surface area (Å²) >= 11 is 0. The highest BCUT2D eigenvalue weighted by atomic mass is 16.5. The van der Waals surface area contributed by atoms with E-state index >= 15 is 0 Å². The molecule has 0 spiro atoms. The van der Waals surface area contributed by atoms with Gasteiger partial charge in [0.25, 0.3) is 5.91 Å². The van der Waals surface area contributed by atoms with Crippen LogP contribution in [0.25, 0.3) is 0 Å². The van der Waals surface area contributed by atoms with E-state index in [2.05, 4.69) is 28.4 Å². The minimum atomic E-state index is -0.0204. The zero-order valence-electron chi connectivity index (χ0n) is 14.9. The van der Waals surface area contributed by atoms with Crippen molar-refractivity contribution in [2.45, 2.75) is 0 Å². The lowest BCUT2D eigenvalue weighted by Gasteiger charge is -2.33. The third kappa shape index (κ3) is 4.52. The maximum Gasteiger partial charge on any atom is 0.279 e. The molecule has 1 saturated heterocycles. The van der Waals surface area contributed by atoms with Crippen LogP contribution in [0.5, 0.6) is 5.75 Å². The van der Waals surface area contributed by atoms with E-state index < -0.39 is 0 Å². The van der Waals surface area contributed by atoms with Gasteiger partial charge in [0, 0.05) is 11.4 Å². The molecule has 0 unspecified atom stereocenters. The highest BCUT2D eigenvalue weighted by molar-refractivity contribution is 5.91. The number of nitriles is 1. The molecule has 0 aromatic heterocycles. The van der Waals surface area contributed by atoms with Gasteiger partial charge in [0.1, 0.15) is 5.75 Å². The van der Waals surface area contributed by atoms with Gasteiger partial charge in [0.05, 0.1) is 44.9 Å². The van der Waals surface area contributed by atoms with Crippen molar-refractivity contribution in [3.8, 4) is 11.8 Å². The third-order valence-corrected chi connectivity index (χ3v) is 4.59. The lowest BCUT2D eigenvalue weighted by molar-refractivity contribution is -0.892. The van der Waals surface area contributed by atoms with Crippen molar-refractivity contribution in [3.63, 3.8) is 0 Å². The maximum absolute atomic E-state index is 12.3. The van der Waals surface area contributed by atoms with E-state index in [0.717, 1.165) is 31.9 Å². The predicted octanol–water partition coefficient (Wildman–Crippen LogP) is 0.910. The molecule has 0 saturated carbocycles. The third-order valence-electron chi connectivity index (χ3n) is 4.59. The van der Waals surface area contributed by atoms with Crippen LogP contribution in [0.1, 0.15) is 5.56 Å². The number of rotatable bonds is 5. The number of methoxy groups -OCH3 is 1. The molecular weight excluding hydrogens is 328 g/mol. The van der Waals surface area contributed by atoms with Gasteiger partial charge in [-0.15, -0.1) is 0 Å². The summed E-state index contributed by atoms with van der Waals surface area (Å²) in [6, 6.07) is 17.1. The smallest absolute Gasteiger partial charge is 0.279 e. The zero-order chi connectivity index (χ0) is 18.4. The summed E-state index contributed by atoms with van der Waals surface area (Å²) < 4.78 is 5.20. The van der Waals surface area contributed by atoms with Crippen LogP contribution in [-0.2, 0) is 4.79 Å². The summed E-state index contributed by atoms with van der Waals surface area (Å²) in [4.78, 5) is 15.9. The number of amides is 1. The van der Waals surface area contributed by atoms with Gasteiger partial charge in [-0.3, -0.25) is 4.79 Å². The van der Waals surface area contributed by atoms with Crippen molar-refractivity contribution >= 4 is 17.3 Å². The Morgan fingerprint density at radius 2 is 1.96 bits per heavy atom. The Labute approximate surface area is 153 Å². The van der Waals surface area contributed by atoms with Gasteiger partial charge in [0.15, 0.2) is 6.54 Å². The molecule has 1 heterocycles. The van der Waals surface area contributed by atoms with Gasteiger partial charge in [-0.25, -0.2) is 0 Å². The van der Waals surface area contributed by atoms with Crippen molar-refractivity contribution < 1.29 is 14.4 Å². The molecule has 2 aromatic carbocycles. The number of piperazine rings is 1. The molecule has 6 nitrogen and oxygen atoms in total. The first-order chi connectivity index (χ1) is 12.7. The largest absolute Gasteiger partial charge is 0.497 e. The number of ether oxygens (including phenoxy) is 1. The SMILES string of the molecule is COc1ccc(N2CC[NH+](CC(=O)Nc3cccc(C#N)c3)CC2)cc1. The fourth-order valence-electron chi connectivity index (χ4n) is 3.15. The molecule has 1 fully saturated rings. The van der Waals surface area contributed by atoms with Gasteiger partial charge in [-0.2, -0.15) is 5.26 Å². The number of hydrogen-bond acceptors (Lipinski definition) is 4. The van der Waals surface area contributed by atoms with Crippen LogP contribution >= 0.6 is 0 Å². The van der Waals surface area contributed by atoms with Crippen LogP contribution in [0.3, 0.4) is 0 Å². The lowest BCUT2D eigenvalue weighted by Crippen LogP contribution is -3.15. The molecule has 1 amide bonds. The molecule has 1 aliphatic rings. The van der Waals surface area contributed by atoms with Crippen molar-refractivity contribution in [1.29, 1.82) is 5.26 Å². The monoisotopic (exact) mass is 351 g/mol. The zero-order valence-corrected chi connectivity index (χ0v) is 14.9. The van der Waals surface area contributed by atoms with Crippen LogP contribution in [0.2, 0.25) is 0 Å². The Balaban J connectivity index is 1.48. The first kappa shape index (κ1) is 17.8. The molecule has 2 aromatic rings. The number of anilines is 2. The van der Waals surface area contributed by atoms with E-state index in [9.17, 15) is 4.79 Å². The fraction of sp³-hybridized carbons (Fsp3) is 0.300. The number of quaternary nitrogens is 1. The van der Waals surface area contributed by atoms with Gasteiger partial charge in [0.2, 0.25) is 0 Å². The summed E-state index contributed by atoms with van der Waals surface area (Å²) in [6.07, 6.45) is 0. The van der Waals surface area contributed by atoms with E-state index in [1.807, 2.05) is 12.1 Å². The Morgan fingerprint density at radius 3 is 2.62 bits per heavy atom. The van der Waals surface area contributed by atoms with E-state index in [1.165, 1.54) is 10.6 Å². The molecule has 2 N–H and O–H groups in total. The summed E-state index contributed by atoms with van der Waals surface area (Å²) in [5.74, 6) is 0.836. The summed E-state index contributed by atoms with van der Waals surface area (Å²) in [5.41, 5.74) is 2.40. The van der Waals surface area contributed by atoms with Crippen molar-refractivity contribution in [1.82, 2.24) is 0 Å². The van der Waals surface area contributed by atoms with Gasteiger partial charge < -0.3 is 19.9 Å². The Bertz CT molecular complexity index is 790. The molecule has 0 radical (unpaired) electrons. The molecular formula is C20H23N4O2+. The molecule has 26 heavy (non-hydrogen) atoms. The van der Waals surface area contributed by atoms with E-state index in [4.69, 9.17) is 10.00 Å². The van der Waals surface area contributed by atoms with Crippen molar-refractivity contribution in [2.24, 2.45) is 0 Å². The van der Waals surface area contributed by atoms with Crippen LogP contribution in [0.4, 0.5) is 11.4 Å². The average Bonchev–Trinajstić information content (AvgIpc) is 2.69. The van der Waals surface area contributed by atoms with Crippen LogP contribution < -0.4 is 19.9 Å². The van der Waals surface area contributed by atoms with E-state index in [1.54, 1.807) is 31.4 Å². The maximum atomic E-state index is 12.3. The van der Waals surface area contributed by atoms with Crippen LogP contribution in [-0.4, -0.2) is 45.7 Å². The second-order valence-corrected chi connectivity index (χ2v) is 6.35. The molecule has 134 valence electrons. The normalized spacial score (nSPS) is 14.5. The lowest BCUT2D eigenvalue weighted by atomic mass is 10.2. The number of benzene rings is 2. The Kier molecular flexibility index (Phi) is 5.72. The minimum absolute atomic E-state index is 0.0204. The number of carbonyl (C=O) groups is 1. The molecule has 6 heteroatoms. The fourth-order valence-corrected chi connectivity index (χ4v) is 3.15. The Hall–Kier alpha value is -3.04. The highest BCUT2D eigenvalue weighted by Gasteiger charge is 2.22. The van der Waals surface area contributed by atoms with Gasteiger partial charge in [-0.05, 0) is 42.5 Å². The predicted molar refractivity (Wildman–Crippen MR) is 101 cm³/mol. The van der Waals surface area contributed by atoms with Crippen molar-refractivity contribution in [2.75, 3.05) is 50.1 Å². The average molecular weight is 351 g/mol. The molecule has 1 aliphatic heterocycles. The minimum Gasteiger partial charge on any atom is -0.497 e.